The number of likely N-dealkylation sites (N-methyl/N-ethyl adjacent to an activating group) is 1. The van der Waals surface area contributed by atoms with Crippen LogP contribution in [0.15, 0.2) is 47.5 Å². The number of carbonyl (C=O) groups is 2. The first kappa shape index (κ1) is 19.7. The van der Waals surface area contributed by atoms with Gasteiger partial charge in [-0.3, -0.25) is 9.59 Å². The standard InChI is InChI=1S/C23H24ClN3O2/c1-15-4-9-19(16(2)14-15)20-21(24)23(29)27(22(20)28)18-7-5-17(6-8-18)26-12-10-25(3)11-13-26/h4-9,14H,10-13H2,1-3H3. The van der Waals surface area contributed by atoms with E-state index in [9.17, 15) is 9.59 Å². The molecule has 2 aromatic carbocycles. The van der Waals surface area contributed by atoms with E-state index in [1.165, 1.54) is 4.90 Å². The molecule has 0 bridgehead atoms. The van der Waals surface area contributed by atoms with Gasteiger partial charge in [-0.05, 0) is 56.3 Å². The van der Waals surface area contributed by atoms with Gasteiger partial charge < -0.3 is 9.80 Å². The third kappa shape index (κ3) is 3.56. The minimum Gasteiger partial charge on any atom is -0.369 e. The van der Waals surface area contributed by atoms with Gasteiger partial charge >= 0.3 is 0 Å². The number of anilines is 2. The van der Waals surface area contributed by atoms with Crippen molar-refractivity contribution in [3.05, 3.63) is 64.2 Å². The second-order valence-corrected chi connectivity index (χ2v) is 8.14. The molecule has 5 nitrogen and oxygen atoms in total. The van der Waals surface area contributed by atoms with Crippen molar-refractivity contribution in [1.82, 2.24) is 4.90 Å². The Labute approximate surface area is 176 Å². The Morgan fingerprint density at radius 2 is 1.45 bits per heavy atom. The van der Waals surface area contributed by atoms with Crippen LogP contribution in [-0.4, -0.2) is 49.9 Å². The average molecular weight is 410 g/mol. The number of carbonyl (C=O) groups excluding carboxylic acids is 2. The summed E-state index contributed by atoms with van der Waals surface area (Å²) in [5.74, 6) is -0.849. The molecule has 1 saturated heterocycles. The second kappa shape index (κ2) is 7.65. The van der Waals surface area contributed by atoms with Crippen LogP contribution in [0.1, 0.15) is 16.7 Å². The topological polar surface area (TPSA) is 43.9 Å². The van der Waals surface area contributed by atoms with E-state index in [1.54, 1.807) is 0 Å². The highest BCUT2D eigenvalue weighted by Gasteiger charge is 2.39. The Hall–Kier alpha value is -2.63. The van der Waals surface area contributed by atoms with Gasteiger partial charge in [0.25, 0.3) is 11.8 Å². The Morgan fingerprint density at radius 3 is 2.07 bits per heavy atom. The summed E-state index contributed by atoms with van der Waals surface area (Å²) in [6, 6.07) is 13.3. The van der Waals surface area contributed by atoms with E-state index in [0.29, 0.717) is 11.3 Å². The summed E-state index contributed by atoms with van der Waals surface area (Å²) in [6.07, 6.45) is 0. The van der Waals surface area contributed by atoms with Gasteiger partial charge in [0.1, 0.15) is 5.03 Å². The molecule has 0 aromatic heterocycles. The molecule has 2 aliphatic heterocycles. The predicted molar refractivity (Wildman–Crippen MR) is 117 cm³/mol. The maximum Gasteiger partial charge on any atom is 0.277 e. The first-order valence-electron chi connectivity index (χ1n) is 9.76. The van der Waals surface area contributed by atoms with Gasteiger partial charge in [-0.2, -0.15) is 0 Å². The second-order valence-electron chi connectivity index (χ2n) is 7.76. The molecule has 0 N–H and O–H groups in total. The van der Waals surface area contributed by atoms with Crippen LogP contribution in [0.3, 0.4) is 0 Å². The molecule has 0 radical (unpaired) electrons. The number of halogens is 1. The molecule has 6 heteroatoms. The van der Waals surface area contributed by atoms with Crippen LogP contribution in [0.5, 0.6) is 0 Å². The maximum atomic E-state index is 13.1. The first-order valence-corrected chi connectivity index (χ1v) is 10.1. The van der Waals surface area contributed by atoms with Crippen molar-refractivity contribution in [2.75, 3.05) is 43.0 Å². The Bertz CT molecular complexity index is 1010. The molecule has 2 aromatic rings. The first-order chi connectivity index (χ1) is 13.9. The largest absolute Gasteiger partial charge is 0.369 e. The van der Waals surface area contributed by atoms with Crippen LogP contribution in [-0.2, 0) is 9.59 Å². The summed E-state index contributed by atoms with van der Waals surface area (Å²) in [6.45, 7) is 7.87. The van der Waals surface area contributed by atoms with Crippen LogP contribution in [0, 0.1) is 13.8 Å². The number of hydrogen-bond donors (Lipinski definition) is 0. The quantitative estimate of drug-likeness (QED) is 0.727. The van der Waals surface area contributed by atoms with Crippen molar-refractivity contribution >= 4 is 40.4 Å². The number of rotatable bonds is 3. The minimum atomic E-state index is -0.473. The molecule has 0 spiro atoms. The molecule has 0 aliphatic carbocycles. The van der Waals surface area contributed by atoms with Crippen molar-refractivity contribution in [2.45, 2.75) is 13.8 Å². The molecule has 29 heavy (non-hydrogen) atoms. The van der Waals surface area contributed by atoms with E-state index in [0.717, 1.165) is 43.0 Å². The molecular formula is C23H24ClN3O2. The molecule has 2 heterocycles. The molecule has 0 atom stereocenters. The normalized spacial score (nSPS) is 18.2. The van der Waals surface area contributed by atoms with Crippen molar-refractivity contribution in [3.8, 4) is 0 Å². The SMILES string of the molecule is Cc1ccc(C2=C(Cl)C(=O)N(c3ccc(N4CCN(C)CC4)cc3)C2=O)c(C)c1. The summed E-state index contributed by atoms with van der Waals surface area (Å²) < 4.78 is 0. The van der Waals surface area contributed by atoms with E-state index >= 15 is 0 Å². The van der Waals surface area contributed by atoms with E-state index in [4.69, 9.17) is 11.6 Å². The average Bonchev–Trinajstić information content (AvgIpc) is 2.92. The van der Waals surface area contributed by atoms with Crippen LogP contribution in [0.25, 0.3) is 5.57 Å². The lowest BCUT2D eigenvalue weighted by Crippen LogP contribution is -2.44. The summed E-state index contributed by atoms with van der Waals surface area (Å²) in [5.41, 5.74) is 4.63. The van der Waals surface area contributed by atoms with Gasteiger partial charge in [-0.1, -0.05) is 35.4 Å². The fourth-order valence-corrected chi connectivity index (χ4v) is 4.21. The lowest BCUT2D eigenvalue weighted by Gasteiger charge is -2.34. The lowest BCUT2D eigenvalue weighted by molar-refractivity contribution is -0.119. The Kier molecular flexibility index (Phi) is 5.19. The molecule has 0 saturated carbocycles. The zero-order chi connectivity index (χ0) is 20.7. The number of piperazine rings is 1. The van der Waals surface area contributed by atoms with Crippen LogP contribution in [0.4, 0.5) is 11.4 Å². The molecule has 1 fully saturated rings. The van der Waals surface area contributed by atoms with E-state index in [1.807, 2.05) is 56.3 Å². The fraction of sp³-hybridized carbons (Fsp3) is 0.304. The number of imide groups is 1. The predicted octanol–water partition coefficient (Wildman–Crippen LogP) is 3.58. The zero-order valence-corrected chi connectivity index (χ0v) is 17.7. The lowest BCUT2D eigenvalue weighted by atomic mass is 9.99. The van der Waals surface area contributed by atoms with Gasteiger partial charge in [0.2, 0.25) is 0 Å². The van der Waals surface area contributed by atoms with E-state index in [-0.39, 0.29) is 16.5 Å². The molecule has 2 aliphatic rings. The van der Waals surface area contributed by atoms with Gasteiger partial charge in [-0.25, -0.2) is 4.90 Å². The summed E-state index contributed by atoms with van der Waals surface area (Å²) in [5, 5.41) is -0.0231. The molecular weight excluding hydrogens is 386 g/mol. The van der Waals surface area contributed by atoms with Crippen LogP contribution < -0.4 is 9.80 Å². The molecule has 0 unspecified atom stereocenters. The van der Waals surface area contributed by atoms with Crippen molar-refractivity contribution in [1.29, 1.82) is 0 Å². The highest BCUT2D eigenvalue weighted by atomic mass is 35.5. The summed E-state index contributed by atoms with van der Waals surface area (Å²) >= 11 is 6.34. The van der Waals surface area contributed by atoms with Crippen molar-refractivity contribution in [3.63, 3.8) is 0 Å². The van der Waals surface area contributed by atoms with Crippen molar-refractivity contribution < 1.29 is 9.59 Å². The van der Waals surface area contributed by atoms with Gasteiger partial charge in [0.05, 0.1) is 11.3 Å². The number of aryl methyl sites for hydroxylation is 2. The van der Waals surface area contributed by atoms with Crippen molar-refractivity contribution in [2.24, 2.45) is 0 Å². The minimum absolute atomic E-state index is 0.0231. The van der Waals surface area contributed by atoms with Gasteiger partial charge in [0, 0.05) is 31.9 Å². The van der Waals surface area contributed by atoms with Crippen LogP contribution in [0.2, 0.25) is 0 Å². The Morgan fingerprint density at radius 1 is 0.828 bits per heavy atom. The molecule has 150 valence electrons. The molecule has 4 rings (SSSR count). The van der Waals surface area contributed by atoms with Gasteiger partial charge in [0.15, 0.2) is 0 Å². The Balaban J connectivity index is 1.60. The molecule has 2 amide bonds. The number of benzene rings is 2. The van der Waals surface area contributed by atoms with Gasteiger partial charge in [-0.15, -0.1) is 0 Å². The third-order valence-corrected chi connectivity index (χ3v) is 6.01. The highest BCUT2D eigenvalue weighted by Crippen LogP contribution is 2.36. The van der Waals surface area contributed by atoms with E-state index in [2.05, 4.69) is 16.8 Å². The summed E-state index contributed by atoms with van der Waals surface area (Å²) in [7, 11) is 2.12. The maximum absolute atomic E-state index is 13.1. The monoisotopic (exact) mass is 409 g/mol. The summed E-state index contributed by atoms with van der Waals surface area (Å²) in [4.78, 5) is 31.7. The fourth-order valence-electron chi connectivity index (χ4n) is 3.94. The number of amides is 2. The van der Waals surface area contributed by atoms with Crippen LogP contribution >= 0.6 is 11.6 Å². The zero-order valence-electron chi connectivity index (χ0n) is 16.9. The van der Waals surface area contributed by atoms with E-state index < -0.39 is 5.91 Å². The smallest absolute Gasteiger partial charge is 0.277 e. The highest BCUT2D eigenvalue weighted by molar-refractivity contribution is 6.60. The third-order valence-electron chi connectivity index (χ3n) is 5.65. The number of nitrogens with zero attached hydrogens (tertiary/aromatic N) is 3. The number of hydrogen-bond acceptors (Lipinski definition) is 4.